The largest absolute Gasteiger partial charge is 0.494 e. The maximum absolute atomic E-state index is 13.2. The summed E-state index contributed by atoms with van der Waals surface area (Å²) in [7, 11) is 0. The first kappa shape index (κ1) is 16.0. The Balaban J connectivity index is 1.82. The van der Waals surface area contributed by atoms with Gasteiger partial charge in [-0.3, -0.25) is 4.79 Å². The number of halogens is 1. The summed E-state index contributed by atoms with van der Waals surface area (Å²) < 4.78 is 24.0. The molecule has 0 radical (unpaired) electrons. The summed E-state index contributed by atoms with van der Waals surface area (Å²) in [5.74, 6) is -0.207. The molecule has 24 heavy (non-hydrogen) atoms. The van der Waals surface area contributed by atoms with Gasteiger partial charge in [0.05, 0.1) is 13.2 Å². The van der Waals surface area contributed by atoms with Crippen molar-refractivity contribution in [2.75, 3.05) is 11.9 Å². The lowest BCUT2D eigenvalue weighted by Gasteiger charge is -2.10. The first-order chi connectivity index (χ1) is 11.6. The molecule has 0 spiro atoms. The molecule has 3 aromatic rings. The van der Waals surface area contributed by atoms with E-state index in [0.29, 0.717) is 34.6 Å². The number of furan rings is 1. The van der Waals surface area contributed by atoms with Gasteiger partial charge in [-0.25, -0.2) is 4.39 Å². The molecule has 0 aliphatic rings. The number of nitrogens with one attached hydrogen (secondary N) is 1. The third-order valence-electron chi connectivity index (χ3n) is 3.49. The Morgan fingerprint density at radius 3 is 2.83 bits per heavy atom. The molecule has 0 aliphatic heterocycles. The Kier molecular flexibility index (Phi) is 4.48. The minimum Gasteiger partial charge on any atom is -0.494 e. The minimum absolute atomic E-state index is 0.0787. The maximum atomic E-state index is 13.2. The van der Waals surface area contributed by atoms with E-state index in [0.717, 1.165) is 0 Å². The number of aliphatic hydroxyl groups is 1. The summed E-state index contributed by atoms with van der Waals surface area (Å²) >= 11 is 0. The molecule has 1 amide bonds. The first-order valence-corrected chi connectivity index (χ1v) is 7.47. The van der Waals surface area contributed by atoms with Gasteiger partial charge in [-0.2, -0.15) is 0 Å². The number of amides is 1. The van der Waals surface area contributed by atoms with E-state index in [1.807, 2.05) is 6.92 Å². The van der Waals surface area contributed by atoms with Gasteiger partial charge < -0.3 is 19.6 Å². The van der Waals surface area contributed by atoms with E-state index < -0.39 is 11.7 Å². The van der Waals surface area contributed by atoms with E-state index in [2.05, 4.69) is 5.32 Å². The van der Waals surface area contributed by atoms with Crippen LogP contribution in [0.3, 0.4) is 0 Å². The van der Waals surface area contributed by atoms with Gasteiger partial charge in [0.15, 0.2) is 5.76 Å². The van der Waals surface area contributed by atoms with E-state index in [-0.39, 0.29) is 12.4 Å². The van der Waals surface area contributed by atoms with Gasteiger partial charge in [-0.05, 0) is 49.4 Å². The summed E-state index contributed by atoms with van der Waals surface area (Å²) in [6.45, 7) is 2.12. The number of hydrogen-bond donors (Lipinski definition) is 2. The Hall–Kier alpha value is -2.86. The Bertz CT molecular complexity index is 888. The Morgan fingerprint density at radius 1 is 1.25 bits per heavy atom. The van der Waals surface area contributed by atoms with Gasteiger partial charge in [0.25, 0.3) is 5.91 Å². The highest BCUT2D eigenvalue weighted by Crippen LogP contribution is 2.25. The van der Waals surface area contributed by atoms with Gasteiger partial charge in [-0.1, -0.05) is 0 Å². The topological polar surface area (TPSA) is 71.7 Å². The lowest BCUT2D eigenvalue weighted by Crippen LogP contribution is -2.11. The fourth-order valence-electron chi connectivity index (χ4n) is 2.40. The number of fused-ring (bicyclic) bond motifs is 1. The molecule has 2 aromatic carbocycles. The van der Waals surface area contributed by atoms with Gasteiger partial charge in [-0.15, -0.1) is 0 Å². The van der Waals surface area contributed by atoms with Crippen LogP contribution in [0.2, 0.25) is 0 Å². The highest BCUT2D eigenvalue weighted by atomic mass is 19.1. The van der Waals surface area contributed by atoms with Crippen molar-refractivity contribution in [1.29, 1.82) is 0 Å². The molecule has 3 rings (SSSR count). The number of benzene rings is 2. The molecule has 0 aliphatic carbocycles. The maximum Gasteiger partial charge on any atom is 0.291 e. The van der Waals surface area contributed by atoms with Crippen LogP contribution in [0.25, 0.3) is 11.0 Å². The smallest absolute Gasteiger partial charge is 0.291 e. The molecule has 0 fully saturated rings. The second kappa shape index (κ2) is 6.72. The van der Waals surface area contributed by atoms with Crippen LogP contribution in [0.4, 0.5) is 10.1 Å². The average Bonchev–Trinajstić information content (AvgIpc) is 2.99. The van der Waals surface area contributed by atoms with Gasteiger partial charge in [0.1, 0.15) is 17.1 Å². The molecule has 0 bridgehead atoms. The minimum atomic E-state index is -0.459. The summed E-state index contributed by atoms with van der Waals surface area (Å²) in [5, 5.41) is 12.6. The first-order valence-electron chi connectivity index (χ1n) is 7.47. The van der Waals surface area contributed by atoms with Crippen molar-refractivity contribution in [3.8, 4) is 5.75 Å². The second-order valence-corrected chi connectivity index (χ2v) is 5.16. The standard InChI is InChI=1S/C18H16FNO4/c1-2-23-15-6-4-14(8-12(15)10-21)20-18(22)17-9-11-7-13(19)3-5-16(11)24-17/h3-9,21H,2,10H2,1H3,(H,20,22). The van der Waals surface area contributed by atoms with Crippen molar-refractivity contribution >= 4 is 22.6 Å². The van der Waals surface area contributed by atoms with Crippen molar-refractivity contribution < 1.29 is 23.4 Å². The summed E-state index contributed by atoms with van der Waals surface area (Å²) in [6, 6.07) is 10.5. The number of anilines is 1. The molecular formula is C18H16FNO4. The quantitative estimate of drug-likeness (QED) is 0.748. The molecule has 0 unspecified atom stereocenters. The average molecular weight is 329 g/mol. The van der Waals surface area contributed by atoms with Crippen molar-refractivity contribution in [2.45, 2.75) is 13.5 Å². The van der Waals surface area contributed by atoms with Gasteiger partial charge in [0.2, 0.25) is 0 Å². The zero-order valence-electron chi connectivity index (χ0n) is 13.0. The van der Waals surface area contributed by atoms with E-state index in [1.54, 1.807) is 18.2 Å². The number of rotatable bonds is 5. The van der Waals surface area contributed by atoms with Crippen LogP contribution in [0.1, 0.15) is 23.0 Å². The zero-order valence-corrected chi connectivity index (χ0v) is 13.0. The summed E-state index contributed by atoms with van der Waals surface area (Å²) in [4.78, 5) is 12.3. The molecule has 2 N–H and O–H groups in total. The van der Waals surface area contributed by atoms with Crippen molar-refractivity contribution in [1.82, 2.24) is 0 Å². The normalized spacial score (nSPS) is 10.8. The van der Waals surface area contributed by atoms with Crippen LogP contribution in [-0.4, -0.2) is 17.6 Å². The molecule has 0 atom stereocenters. The number of hydrogen-bond acceptors (Lipinski definition) is 4. The molecule has 1 heterocycles. The van der Waals surface area contributed by atoms with E-state index in [4.69, 9.17) is 9.15 Å². The molecule has 0 saturated heterocycles. The predicted octanol–water partition coefficient (Wildman–Crippen LogP) is 3.72. The van der Waals surface area contributed by atoms with E-state index in [9.17, 15) is 14.3 Å². The van der Waals surface area contributed by atoms with Crippen LogP contribution in [0.15, 0.2) is 46.9 Å². The summed E-state index contributed by atoms with van der Waals surface area (Å²) in [5.41, 5.74) is 1.50. The number of carbonyl (C=O) groups is 1. The van der Waals surface area contributed by atoms with Crippen molar-refractivity contribution in [3.05, 3.63) is 59.6 Å². The van der Waals surface area contributed by atoms with Crippen LogP contribution in [-0.2, 0) is 6.61 Å². The highest BCUT2D eigenvalue weighted by molar-refractivity contribution is 6.04. The third kappa shape index (κ3) is 3.23. The molecule has 1 aromatic heterocycles. The molecule has 6 heteroatoms. The van der Waals surface area contributed by atoms with Crippen LogP contribution >= 0.6 is 0 Å². The molecule has 124 valence electrons. The summed E-state index contributed by atoms with van der Waals surface area (Å²) in [6.07, 6.45) is 0. The van der Waals surface area contributed by atoms with Crippen molar-refractivity contribution in [2.24, 2.45) is 0 Å². The highest BCUT2D eigenvalue weighted by Gasteiger charge is 2.14. The Labute approximate surface area is 137 Å². The predicted molar refractivity (Wildman–Crippen MR) is 87.7 cm³/mol. The second-order valence-electron chi connectivity index (χ2n) is 5.16. The molecule has 5 nitrogen and oxygen atoms in total. The van der Waals surface area contributed by atoms with E-state index >= 15 is 0 Å². The van der Waals surface area contributed by atoms with Crippen molar-refractivity contribution in [3.63, 3.8) is 0 Å². The van der Waals surface area contributed by atoms with Gasteiger partial charge >= 0.3 is 0 Å². The van der Waals surface area contributed by atoms with Crippen LogP contribution < -0.4 is 10.1 Å². The number of carbonyl (C=O) groups excluding carboxylic acids is 1. The van der Waals surface area contributed by atoms with Gasteiger partial charge in [0, 0.05) is 16.6 Å². The number of ether oxygens (including phenoxy) is 1. The fraction of sp³-hybridized carbons (Fsp3) is 0.167. The van der Waals surface area contributed by atoms with Crippen LogP contribution in [0, 0.1) is 5.82 Å². The Morgan fingerprint density at radius 2 is 2.08 bits per heavy atom. The monoisotopic (exact) mass is 329 g/mol. The van der Waals surface area contributed by atoms with Crippen LogP contribution in [0.5, 0.6) is 5.75 Å². The molecular weight excluding hydrogens is 313 g/mol. The SMILES string of the molecule is CCOc1ccc(NC(=O)c2cc3cc(F)ccc3o2)cc1CO. The number of aliphatic hydroxyl groups excluding tert-OH is 1. The lowest BCUT2D eigenvalue weighted by molar-refractivity contribution is 0.0998. The lowest BCUT2D eigenvalue weighted by atomic mass is 10.2. The molecule has 0 saturated carbocycles. The zero-order chi connectivity index (χ0) is 17.1. The fourth-order valence-corrected chi connectivity index (χ4v) is 2.40. The van der Waals surface area contributed by atoms with E-state index in [1.165, 1.54) is 24.3 Å². The third-order valence-corrected chi connectivity index (χ3v) is 3.49.